The van der Waals surface area contributed by atoms with Crippen molar-refractivity contribution in [2.45, 2.75) is 77.4 Å². The number of hydrogen-bond acceptors (Lipinski definition) is 5. The first-order valence-electron chi connectivity index (χ1n) is 8.28. The molecule has 2 saturated heterocycles. The summed E-state index contributed by atoms with van der Waals surface area (Å²) in [6.45, 7) is 8.11. The summed E-state index contributed by atoms with van der Waals surface area (Å²) in [5, 5.41) is 0. The van der Waals surface area contributed by atoms with Crippen LogP contribution < -0.4 is 0 Å². The standard InChI is InChI=1S/C17H28O5/c1-5-20-14(19)17-10-8-16(9-11-17,22-15(17,3)4)7-6-12-21-13(2)18/h5-12H2,1-4H3. The van der Waals surface area contributed by atoms with Crippen LogP contribution in [0.5, 0.6) is 0 Å². The van der Waals surface area contributed by atoms with Crippen LogP contribution in [0.2, 0.25) is 0 Å². The molecule has 5 heteroatoms. The van der Waals surface area contributed by atoms with Gasteiger partial charge < -0.3 is 14.2 Å². The van der Waals surface area contributed by atoms with E-state index in [0.717, 1.165) is 38.5 Å². The second-order valence-corrected chi connectivity index (χ2v) is 7.04. The Morgan fingerprint density at radius 2 is 1.73 bits per heavy atom. The molecule has 1 aliphatic carbocycles. The minimum atomic E-state index is -0.517. The predicted octanol–water partition coefficient (Wildman–Crippen LogP) is 3.00. The maximum Gasteiger partial charge on any atom is 0.314 e. The summed E-state index contributed by atoms with van der Waals surface area (Å²) in [5.74, 6) is -0.361. The fourth-order valence-corrected chi connectivity index (χ4v) is 4.11. The van der Waals surface area contributed by atoms with Gasteiger partial charge in [-0.05, 0) is 59.3 Å². The maximum absolute atomic E-state index is 12.5. The number of hydrogen-bond donors (Lipinski definition) is 0. The summed E-state index contributed by atoms with van der Waals surface area (Å²) in [5.41, 5.74) is -1.21. The van der Waals surface area contributed by atoms with Crippen molar-refractivity contribution in [3.8, 4) is 0 Å². The third-order valence-corrected chi connectivity index (χ3v) is 5.39. The molecule has 0 amide bonds. The van der Waals surface area contributed by atoms with E-state index >= 15 is 0 Å². The van der Waals surface area contributed by atoms with Crippen molar-refractivity contribution < 1.29 is 23.8 Å². The molecule has 3 aliphatic rings. The third-order valence-electron chi connectivity index (χ3n) is 5.39. The van der Waals surface area contributed by atoms with E-state index in [1.807, 2.05) is 20.8 Å². The monoisotopic (exact) mass is 312 g/mol. The van der Waals surface area contributed by atoms with E-state index in [1.54, 1.807) is 0 Å². The van der Waals surface area contributed by atoms with Gasteiger partial charge in [0.05, 0.1) is 29.8 Å². The van der Waals surface area contributed by atoms with Gasteiger partial charge in [0.25, 0.3) is 0 Å². The van der Waals surface area contributed by atoms with E-state index in [2.05, 4.69) is 0 Å². The molecule has 2 bridgehead atoms. The molecule has 22 heavy (non-hydrogen) atoms. The normalized spacial score (nSPS) is 32.5. The van der Waals surface area contributed by atoms with Crippen LogP contribution in [0.4, 0.5) is 0 Å². The van der Waals surface area contributed by atoms with Gasteiger partial charge >= 0.3 is 11.9 Å². The van der Waals surface area contributed by atoms with Crippen LogP contribution in [0, 0.1) is 5.41 Å². The topological polar surface area (TPSA) is 61.8 Å². The minimum Gasteiger partial charge on any atom is -0.466 e. The van der Waals surface area contributed by atoms with Crippen LogP contribution in [0.15, 0.2) is 0 Å². The van der Waals surface area contributed by atoms with E-state index in [-0.39, 0.29) is 17.5 Å². The summed E-state index contributed by atoms with van der Waals surface area (Å²) in [6, 6.07) is 0. The first-order chi connectivity index (χ1) is 10.3. The van der Waals surface area contributed by atoms with Crippen molar-refractivity contribution >= 4 is 11.9 Å². The number of rotatable bonds is 6. The van der Waals surface area contributed by atoms with E-state index in [0.29, 0.717) is 13.2 Å². The highest BCUT2D eigenvalue weighted by Crippen LogP contribution is 2.59. The van der Waals surface area contributed by atoms with Crippen molar-refractivity contribution in [1.82, 2.24) is 0 Å². The van der Waals surface area contributed by atoms with Gasteiger partial charge in [-0.3, -0.25) is 9.59 Å². The Morgan fingerprint density at radius 3 is 2.23 bits per heavy atom. The van der Waals surface area contributed by atoms with Gasteiger partial charge in [0.2, 0.25) is 0 Å². The van der Waals surface area contributed by atoms with Crippen LogP contribution >= 0.6 is 0 Å². The first-order valence-corrected chi connectivity index (χ1v) is 8.28. The molecule has 3 fully saturated rings. The predicted molar refractivity (Wildman–Crippen MR) is 81.3 cm³/mol. The number of ether oxygens (including phenoxy) is 3. The second kappa shape index (κ2) is 6.19. The highest BCUT2D eigenvalue weighted by Gasteiger charge is 2.63. The van der Waals surface area contributed by atoms with Gasteiger partial charge in [-0.1, -0.05) is 0 Å². The summed E-state index contributed by atoms with van der Waals surface area (Å²) >= 11 is 0. The van der Waals surface area contributed by atoms with Crippen molar-refractivity contribution in [3.05, 3.63) is 0 Å². The van der Waals surface area contributed by atoms with Crippen molar-refractivity contribution in [2.75, 3.05) is 13.2 Å². The molecule has 0 atom stereocenters. The number of carbonyl (C=O) groups excluding carboxylic acids is 2. The summed E-state index contributed by atoms with van der Waals surface area (Å²) in [7, 11) is 0. The summed E-state index contributed by atoms with van der Waals surface area (Å²) in [6.07, 6.45) is 5.02. The smallest absolute Gasteiger partial charge is 0.314 e. The average molecular weight is 312 g/mol. The van der Waals surface area contributed by atoms with Gasteiger partial charge in [0.15, 0.2) is 0 Å². The lowest BCUT2D eigenvalue weighted by atomic mass is 9.57. The molecule has 0 aromatic carbocycles. The molecule has 0 aromatic heterocycles. The van der Waals surface area contributed by atoms with Crippen molar-refractivity contribution in [2.24, 2.45) is 5.41 Å². The first kappa shape index (κ1) is 17.3. The van der Waals surface area contributed by atoms with Crippen LogP contribution in [-0.2, 0) is 23.8 Å². The molecule has 0 N–H and O–H groups in total. The molecule has 5 nitrogen and oxygen atoms in total. The van der Waals surface area contributed by atoms with Crippen LogP contribution in [0.1, 0.15) is 66.2 Å². The zero-order valence-corrected chi connectivity index (χ0v) is 14.2. The largest absolute Gasteiger partial charge is 0.466 e. The Kier molecular flexibility index (Phi) is 4.85. The molecule has 2 aliphatic heterocycles. The molecule has 0 aromatic rings. The zero-order valence-electron chi connectivity index (χ0n) is 14.2. The van der Waals surface area contributed by atoms with Gasteiger partial charge in [-0.2, -0.15) is 0 Å². The van der Waals surface area contributed by atoms with E-state index in [9.17, 15) is 9.59 Å². The zero-order chi connectivity index (χ0) is 16.4. The van der Waals surface area contributed by atoms with Crippen LogP contribution in [0.3, 0.4) is 0 Å². The van der Waals surface area contributed by atoms with Gasteiger partial charge in [-0.15, -0.1) is 0 Å². The molecule has 126 valence electrons. The SMILES string of the molecule is CCOC(=O)C12CCC(CCCOC(C)=O)(CC1)OC2(C)C. The van der Waals surface area contributed by atoms with Crippen molar-refractivity contribution in [1.29, 1.82) is 0 Å². The van der Waals surface area contributed by atoms with E-state index in [4.69, 9.17) is 14.2 Å². The molecular formula is C17H28O5. The Morgan fingerprint density at radius 1 is 1.09 bits per heavy atom. The summed E-state index contributed by atoms with van der Waals surface area (Å²) in [4.78, 5) is 23.3. The molecule has 1 saturated carbocycles. The second-order valence-electron chi connectivity index (χ2n) is 7.04. The molecule has 3 rings (SSSR count). The molecule has 0 spiro atoms. The number of esters is 2. The maximum atomic E-state index is 12.5. The highest BCUT2D eigenvalue weighted by molar-refractivity contribution is 5.79. The quantitative estimate of drug-likeness (QED) is 0.557. The van der Waals surface area contributed by atoms with Gasteiger partial charge in [0.1, 0.15) is 0 Å². The lowest BCUT2D eigenvalue weighted by Crippen LogP contribution is -2.65. The van der Waals surface area contributed by atoms with Gasteiger partial charge in [0, 0.05) is 6.92 Å². The Balaban J connectivity index is 2.02. The lowest BCUT2D eigenvalue weighted by Gasteiger charge is -2.60. The highest BCUT2D eigenvalue weighted by atomic mass is 16.6. The van der Waals surface area contributed by atoms with Crippen molar-refractivity contribution in [3.63, 3.8) is 0 Å². The number of fused-ring (bicyclic) bond motifs is 3. The van der Waals surface area contributed by atoms with E-state index < -0.39 is 11.0 Å². The van der Waals surface area contributed by atoms with Gasteiger partial charge in [-0.25, -0.2) is 0 Å². The van der Waals surface area contributed by atoms with Crippen LogP contribution in [0.25, 0.3) is 0 Å². The Hall–Kier alpha value is -1.10. The fourth-order valence-electron chi connectivity index (χ4n) is 4.11. The molecule has 0 radical (unpaired) electrons. The third kappa shape index (κ3) is 3.00. The Bertz CT molecular complexity index is 432. The fraction of sp³-hybridized carbons (Fsp3) is 0.882. The number of carbonyl (C=O) groups is 2. The van der Waals surface area contributed by atoms with E-state index in [1.165, 1.54) is 6.92 Å². The molecule has 2 heterocycles. The lowest BCUT2D eigenvalue weighted by molar-refractivity contribution is -0.280. The minimum absolute atomic E-state index is 0.117. The summed E-state index contributed by atoms with van der Waals surface area (Å²) < 4.78 is 16.7. The molecular weight excluding hydrogens is 284 g/mol. The Labute approximate surface area is 132 Å². The molecule has 0 unspecified atom stereocenters. The average Bonchev–Trinajstić information content (AvgIpc) is 2.43. The van der Waals surface area contributed by atoms with Crippen LogP contribution in [-0.4, -0.2) is 36.4 Å².